The van der Waals surface area contributed by atoms with Crippen LogP contribution < -0.4 is 5.73 Å². The molecule has 0 aliphatic carbocycles. The Kier molecular flexibility index (Phi) is 9.81. The van der Waals surface area contributed by atoms with Gasteiger partial charge in [-0.2, -0.15) is 0 Å². The number of piperidine rings is 1. The van der Waals surface area contributed by atoms with E-state index >= 15 is 0 Å². The van der Waals surface area contributed by atoms with E-state index in [1.165, 1.54) is 6.42 Å². The van der Waals surface area contributed by atoms with Gasteiger partial charge in [0.2, 0.25) is 5.91 Å². The fourth-order valence-electron chi connectivity index (χ4n) is 3.06. The van der Waals surface area contributed by atoms with Crippen molar-refractivity contribution in [2.45, 2.75) is 37.8 Å². The summed E-state index contributed by atoms with van der Waals surface area (Å²) in [5, 5.41) is 0. The molecule has 0 spiro atoms. The van der Waals surface area contributed by atoms with Gasteiger partial charge in [0.15, 0.2) is 0 Å². The highest BCUT2D eigenvalue weighted by Gasteiger charge is 2.32. The van der Waals surface area contributed by atoms with Crippen molar-refractivity contribution in [3.63, 3.8) is 0 Å². The third-order valence-corrected chi connectivity index (χ3v) is 4.50. The van der Waals surface area contributed by atoms with Crippen LogP contribution >= 0.6 is 24.8 Å². The van der Waals surface area contributed by atoms with Crippen LogP contribution in [-0.2, 0) is 9.53 Å². The van der Waals surface area contributed by atoms with Gasteiger partial charge in [-0.3, -0.25) is 4.79 Å². The molecule has 2 saturated heterocycles. The van der Waals surface area contributed by atoms with Gasteiger partial charge in [-0.1, -0.05) is 0 Å². The van der Waals surface area contributed by atoms with Gasteiger partial charge in [0.1, 0.15) is 0 Å². The molecule has 21 heavy (non-hydrogen) atoms. The Balaban J connectivity index is 0.00000200. The van der Waals surface area contributed by atoms with E-state index in [1.54, 1.807) is 0 Å². The van der Waals surface area contributed by atoms with Gasteiger partial charge in [-0.15, -0.1) is 24.8 Å². The maximum Gasteiger partial charge on any atom is 0.239 e. The predicted octanol–water partition coefficient (Wildman–Crippen LogP) is 1.14. The van der Waals surface area contributed by atoms with E-state index in [-0.39, 0.29) is 36.8 Å². The third kappa shape index (κ3) is 5.57. The molecule has 2 heterocycles. The van der Waals surface area contributed by atoms with Crippen molar-refractivity contribution in [3.05, 3.63) is 0 Å². The lowest BCUT2D eigenvalue weighted by Crippen LogP contribution is -2.54. The molecular weight excluding hydrogens is 313 g/mol. The maximum atomic E-state index is 12.5. The summed E-state index contributed by atoms with van der Waals surface area (Å²) in [5.74, 6) is 0.430. The fourth-order valence-corrected chi connectivity index (χ4v) is 3.06. The zero-order valence-corrected chi connectivity index (χ0v) is 14.6. The number of hydrogen-bond acceptors (Lipinski definition) is 4. The van der Waals surface area contributed by atoms with Gasteiger partial charge in [0, 0.05) is 32.3 Å². The molecule has 0 bridgehead atoms. The summed E-state index contributed by atoms with van der Waals surface area (Å²) in [6.07, 6.45) is 4.08. The normalized spacial score (nSPS) is 25.0. The van der Waals surface area contributed by atoms with Crippen molar-refractivity contribution < 1.29 is 9.53 Å². The highest BCUT2D eigenvalue weighted by Crippen LogP contribution is 2.21. The Morgan fingerprint density at radius 2 is 1.86 bits per heavy atom. The molecule has 5 nitrogen and oxygen atoms in total. The molecule has 2 aliphatic heterocycles. The van der Waals surface area contributed by atoms with E-state index < -0.39 is 0 Å². The molecule has 2 N–H and O–H groups in total. The number of carbonyl (C=O) groups excluding carboxylic acids is 1. The van der Waals surface area contributed by atoms with Crippen LogP contribution in [0.5, 0.6) is 0 Å². The lowest BCUT2D eigenvalue weighted by Gasteiger charge is -2.38. The average Bonchev–Trinajstić information content (AvgIpc) is 2.46. The number of rotatable bonds is 3. The molecule has 2 unspecified atom stereocenters. The number of nitrogens with zero attached hydrogens (tertiary/aromatic N) is 2. The third-order valence-electron chi connectivity index (χ3n) is 4.50. The fraction of sp³-hybridized carbons (Fsp3) is 0.929. The van der Waals surface area contributed by atoms with Gasteiger partial charge in [-0.25, -0.2) is 0 Å². The lowest BCUT2D eigenvalue weighted by atomic mass is 9.91. The summed E-state index contributed by atoms with van der Waals surface area (Å²) < 4.78 is 5.34. The van der Waals surface area contributed by atoms with Crippen LogP contribution in [0.15, 0.2) is 0 Å². The van der Waals surface area contributed by atoms with Gasteiger partial charge < -0.3 is 20.3 Å². The van der Waals surface area contributed by atoms with Crippen LogP contribution in [0.25, 0.3) is 0 Å². The first-order valence-electron chi connectivity index (χ1n) is 7.38. The second kappa shape index (κ2) is 9.85. The number of likely N-dealkylation sites (tertiary alicyclic amines) is 1. The summed E-state index contributed by atoms with van der Waals surface area (Å²) in [5.41, 5.74) is 6.18. The van der Waals surface area contributed by atoms with Crippen molar-refractivity contribution >= 4 is 30.7 Å². The topological polar surface area (TPSA) is 58.8 Å². The number of amides is 1. The number of likely N-dealkylation sites (N-methyl/N-ethyl adjacent to an activating group) is 1. The van der Waals surface area contributed by atoms with Gasteiger partial charge in [-0.05, 0) is 45.7 Å². The summed E-state index contributed by atoms with van der Waals surface area (Å²) in [6.45, 7) is 3.17. The van der Waals surface area contributed by atoms with Crippen LogP contribution in [0, 0.1) is 5.92 Å². The smallest absolute Gasteiger partial charge is 0.239 e. The zero-order valence-electron chi connectivity index (χ0n) is 13.0. The quantitative estimate of drug-likeness (QED) is 0.836. The minimum Gasteiger partial charge on any atom is -0.381 e. The molecule has 0 aromatic heterocycles. The number of halogens is 2. The molecule has 0 saturated carbocycles. The zero-order chi connectivity index (χ0) is 13.8. The molecule has 7 heteroatoms. The van der Waals surface area contributed by atoms with E-state index in [4.69, 9.17) is 10.5 Å². The molecule has 126 valence electrons. The van der Waals surface area contributed by atoms with Gasteiger partial charge in [0.25, 0.3) is 0 Å². The van der Waals surface area contributed by atoms with Crippen molar-refractivity contribution in [1.29, 1.82) is 0 Å². The molecule has 2 rings (SSSR count). The minimum absolute atomic E-state index is 0. The van der Waals surface area contributed by atoms with Crippen molar-refractivity contribution in [3.8, 4) is 0 Å². The highest BCUT2D eigenvalue weighted by molar-refractivity contribution is 5.85. The average molecular weight is 342 g/mol. The van der Waals surface area contributed by atoms with E-state index in [2.05, 4.69) is 19.0 Å². The number of hydrogen-bond donors (Lipinski definition) is 1. The minimum atomic E-state index is -0.343. The summed E-state index contributed by atoms with van der Waals surface area (Å²) >= 11 is 0. The summed E-state index contributed by atoms with van der Waals surface area (Å²) in [6, 6.07) is 0.129. The molecule has 0 aromatic rings. The van der Waals surface area contributed by atoms with Crippen LogP contribution in [0.4, 0.5) is 0 Å². The molecule has 0 radical (unpaired) electrons. The first kappa shape index (κ1) is 20.9. The Morgan fingerprint density at radius 1 is 1.24 bits per heavy atom. The number of carbonyl (C=O) groups is 1. The van der Waals surface area contributed by atoms with Crippen molar-refractivity contribution in [1.82, 2.24) is 9.80 Å². The van der Waals surface area contributed by atoms with E-state index in [1.807, 2.05) is 4.90 Å². The molecule has 2 fully saturated rings. The van der Waals surface area contributed by atoms with Gasteiger partial charge >= 0.3 is 0 Å². The second-order valence-corrected chi connectivity index (χ2v) is 6.02. The number of nitrogens with two attached hydrogens (primary N) is 1. The predicted molar refractivity (Wildman–Crippen MR) is 89.3 cm³/mol. The Morgan fingerprint density at radius 3 is 2.43 bits per heavy atom. The first-order valence-corrected chi connectivity index (χ1v) is 7.38. The Bertz CT molecular complexity index is 313. The maximum absolute atomic E-state index is 12.5. The lowest BCUT2D eigenvalue weighted by molar-refractivity contribution is -0.136. The largest absolute Gasteiger partial charge is 0.381 e. The van der Waals surface area contributed by atoms with E-state index in [0.29, 0.717) is 12.0 Å². The van der Waals surface area contributed by atoms with Crippen LogP contribution in [0.3, 0.4) is 0 Å². The van der Waals surface area contributed by atoms with E-state index in [0.717, 1.165) is 45.6 Å². The first-order chi connectivity index (χ1) is 9.09. The van der Waals surface area contributed by atoms with Crippen LogP contribution in [-0.4, -0.2) is 68.2 Å². The SMILES string of the molecule is CN(C)C1CCCN(C(=O)C(N)C2CCOCC2)C1.Cl.Cl. The Hall–Kier alpha value is -0.0700. The molecule has 2 atom stereocenters. The van der Waals surface area contributed by atoms with Gasteiger partial charge in [0.05, 0.1) is 6.04 Å². The Labute approximate surface area is 140 Å². The standard InChI is InChI=1S/C14H27N3O2.2ClH/c1-16(2)12-4-3-7-17(10-12)14(18)13(15)11-5-8-19-9-6-11;;/h11-13H,3-10,15H2,1-2H3;2*1H. The molecule has 2 aliphatic rings. The number of ether oxygens (including phenoxy) is 1. The van der Waals surface area contributed by atoms with Crippen molar-refractivity contribution in [2.75, 3.05) is 40.4 Å². The van der Waals surface area contributed by atoms with E-state index in [9.17, 15) is 4.79 Å². The second-order valence-electron chi connectivity index (χ2n) is 6.02. The molecular formula is C14H29Cl2N3O2. The summed E-state index contributed by atoms with van der Waals surface area (Å²) in [4.78, 5) is 16.7. The van der Waals surface area contributed by atoms with Crippen molar-refractivity contribution in [2.24, 2.45) is 11.7 Å². The highest BCUT2D eigenvalue weighted by atomic mass is 35.5. The summed E-state index contributed by atoms with van der Waals surface area (Å²) in [7, 11) is 4.16. The molecule has 1 amide bonds. The monoisotopic (exact) mass is 341 g/mol. The molecule has 0 aromatic carbocycles. The van der Waals surface area contributed by atoms with Crippen LogP contribution in [0.1, 0.15) is 25.7 Å². The van der Waals surface area contributed by atoms with Crippen LogP contribution in [0.2, 0.25) is 0 Å².